The first-order valence-electron chi connectivity index (χ1n) is 3.74. The van der Waals surface area contributed by atoms with Gasteiger partial charge in [-0.25, -0.2) is 4.79 Å². The largest absolute Gasteiger partial charge is 0.631 e. The lowest BCUT2D eigenvalue weighted by molar-refractivity contribution is 0.0695. The van der Waals surface area contributed by atoms with Crippen LogP contribution in [-0.4, -0.2) is 33.5 Å². The highest BCUT2D eigenvalue weighted by atomic mass is 127. The Balaban J connectivity index is 0.000000487. The highest BCUT2D eigenvalue weighted by Crippen LogP contribution is 2.26. The van der Waals surface area contributed by atoms with Gasteiger partial charge in [-0.2, -0.15) is 0 Å². The zero-order valence-electron chi connectivity index (χ0n) is 7.67. The first-order chi connectivity index (χ1) is 7.40. The van der Waals surface area contributed by atoms with Crippen LogP contribution in [0.4, 0.5) is 0 Å². The van der Waals surface area contributed by atoms with Crippen LogP contribution in [0.15, 0.2) is 18.2 Å². The summed E-state index contributed by atoms with van der Waals surface area (Å²) in [7, 11) is -2.17. The summed E-state index contributed by atoms with van der Waals surface area (Å²) in [5.74, 6) is -0.864. The SMILES string of the molecule is O=C(O)c1cccc(I)c1OCl.OB(O)O. The van der Waals surface area contributed by atoms with E-state index in [1.807, 2.05) is 22.6 Å². The van der Waals surface area contributed by atoms with E-state index in [4.69, 9.17) is 32.0 Å². The number of hydrogen-bond acceptors (Lipinski definition) is 5. The molecule has 1 aromatic rings. The Bertz CT molecular complexity index is 358. The standard InChI is InChI=1S/C7H4ClIO3.BH3O3/c8-12-6-4(7(10)11)2-1-3-5(6)9;2-1(3)4/h1-3H,(H,10,11);2-4H. The van der Waals surface area contributed by atoms with Crippen molar-refractivity contribution in [3.8, 4) is 5.75 Å². The van der Waals surface area contributed by atoms with Crippen LogP contribution < -0.4 is 4.29 Å². The fourth-order valence-electron chi connectivity index (χ4n) is 0.756. The molecule has 0 atom stereocenters. The van der Waals surface area contributed by atoms with Crippen molar-refractivity contribution >= 4 is 47.7 Å². The maximum atomic E-state index is 10.6. The van der Waals surface area contributed by atoms with Gasteiger partial charge in [-0.15, -0.1) is 0 Å². The summed E-state index contributed by atoms with van der Waals surface area (Å²) in [6.07, 6.45) is 0. The molecule has 0 aliphatic carbocycles. The highest BCUT2D eigenvalue weighted by Gasteiger charge is 2.13. The van der Waals surface area contributed by atoms with Crippen molar-refractivity contribution in [3.05, 3.63) is 27.3 Å². The van der Waals surface area contributed by atoms with E-state index in [0.717, 1.165) is 0 Å². The quantitative estimate of drug-likeness (QED) is 0.451. The second kappa shape index (κ2) is 7.68. The molecule has 9 heteroatoms. The third-order valence-corrected chi connectivity index (χ3v) is 2.28. The minimum Gasteiger partial charge on any atom is -0.478 e. The molecule has 1 rings (SSSR count). The van der Waals surface area contributed by atoms with Crippen molar-refractivity contribution in [3.63, 3.8) is 0 Å². The van der Waals surface area contributed by atoms with Crippen LogP contribution in [-0.2, 0) is 0 Å². The van der Waals surface area contributed by atoms with Gasteiger partial charge >= 0.3 is 13.3 Å². The Labute approximate surface area is 110 Å². The molecule has 1 aromatic carbocycles. The Morgan fingerprint density at radius 1 is 1.38 bits per heavy atom. The predicted octanol–water partition coefficient (Wildman–Crippen LogP) is 0.470. The molecule has 16 heavy (non-hydrogen) atoms. The van der Waals surface area contributed by atoms with Gasteiger partial charge in [0.1, 0.15) is 17.4 Å². The highest BCUT2D eigenvalue weighted by molar-refractivity contribution is 14.1. The zero-order valence-corrected chi connectivity index (χ0v) is 10.6. The lowest BCUT2D eigenvalue weighted by atomic mass is 10.2. The van der Waals surface area contributed by atoms with Crippen molar-refractivity contribution in [1.82, 2.24) is 0 Å². The van der Waals surface area contributed by atoms with Crippen LogP contribution in [0, 0.1) is 3.57 Å². The first kappa shape index (κ1) is 15.5. The Hall–Kier alpha value is -0.545. The van der Waals surface area contributed by atoms with Crippen LogP contribution in [0.25, 0.3) is 0 Å². The molecule has 0 amide bonds. The van der Waals surface area contributed by atoms with Gasteiger partial charge < -0.3 is 24.5 Å². The van der Waals surface area contributed by atoms with Gasteiger partial charge in [-0.1, -0.05) is 6.07 Å². The molecule has 0 heterocycles. The van der Waals surface area contributed by atoms with E-state index in [-0.39, 0.29) is 11.3 Å². The fraction of sp³-hybridized carbons (Fsp3) is 0. The average molecular weight is 360 g/mol. The van der Waals surface area contributed by atoms with Gasteiger partial charge in [0.25, 0.3) is 0 Å². The molecular weight excluding hydrogens is 353 g/mol. The fourth-order valence-corrected chi connectivity index (χ4v) is 1.66. The molecule has 0 aliphatic rings. The smallest absolute Gasteiger partial charge is 0.478 e. The van der Waals surface area contributed by atoms with Crippen LogP contribution >= 0.6 is 34.5 Å². The van der Waals surface area contributed by atoms with Crippen molar-refractivity contribution in [1.29, 1.82) is 0 Å². The zero-order chi connectivity index (χ0) is 12.7. The summed E-state index contributed by atoms with van der Waals surface area (Å²) in [5.41, 5.74) is 0.0666. The van der Waals surface area contributed by atoms with Crippen molar-refractivity contribution in [2.45, 2.75) is 0 Å². The summed E-state index contributed by atoms with van der Waals surface area (Å²) < 4.78 is 5.09. The molecule has 88 valence electrons. The third kappa shape index (κ3) is 5.51. The van der Waals surface area contributed by atoms with Crippen molar-refractivity contribution in [2.75, 3.05) is 0 Å². The van der Waals surface area contributed by atoms with Gasteiger partial charge in [0, 0.05) is 0 Å². The average Bonchev–Trinajstić information content (AvgIpc) is 2.16. The van der Waals surface area contributed by atoms with Crippen LogP contribution in [0.5, 0.6) is 5.75 Å². The number of carbonyl (C=O) groups is 1. The molecule has 0 aliphatic heterocycles. The van der Waals surface area contributed by atoms with Crippen LogP contribution in [0.2, 0.25) is 0 Å². The molecule has 4 N–H and O–H groups in total. The number of benzene rings is 1. The normalized spacial score (nSPS) is 8.81. The van der Waals surface area contributed by atoms with E-state index >= 15 is 0 Å². The van der Waals surface area contributed by atoms with Gasteiger partial charge in [0.05, 0.1) is 3.57 Å². The van der Waals surface area contributed by atoms with Gasteiger partial charge in [-0.3, -0.25) is 0 Å². The Morgan fingerprint density at radius 3 is 2.19 bits per heavy atom. The molecule has 0 saturated carbocycles. The molecule has 0 aromatic heterocycles. The number of halogens is 2. The number of aromatic carboxylic acids is 1. The Kier molecular flexibility index (Phi) is 7.42. The molecule has 0 fully saturated rings. The van der Waals surface area contributed by atoms with Crippen molar-refractivity contribution < 1.29 is 29.3 Å². The molecular formula is C7H7BClIO6. The van der Waals surface area contributed by atoms with Gasteiger partial charge in [0.2, 0.25) is 0 Å². The summed E-state index contributed by atoms with van der Waals surface area (Å²) >= 11 is 7.06. The molecule has 0 spiro atoms. The molecule has 0 radical (unpaired) electrons. The first-order valence-corrected chi connectivity index (χ1v) is 5.13. The number of carboxylic acid groups (broad SMARTS) is 1. The van der Waals surface area contributed by atoms with Gasteiger partial charge in [0.15, 0.2) is 5.75 Å². The maximum absolute atomic E-state index is 10.6. The summed E-state index contributed by atoms with van der Waals surface area (Å²) in [4.78, 5) is 10.6. The van der Waals surface area contributed by atoms with Crippen LogP contribution in [0.3, 0.4) is 0 Å². The maximum Gasteiger partial charge on any atom is 0.631 e. The van der Waals surface area contributed by atoms with E-state index in [2.05, 4.69) is 4.29 Å². The van der Waals surface area contributed by atoms with E-state index < -0.39 is 13.3 Å². The number of carboxylic acids is 1. The Morgan fingerprint density at radius 2 is 1.88 bits per heavy atom. The molecule has 0 saturated heterocycles. The monoisotopic (exact) mass is 360 g/mol. The number of para-hydroxylation sites is 1. The summed E-state index contributed by atoms with van der Waals surface area (Å²) in [6.45, 7) is 0. The number of hydrogen-bond donors (Lipinski definition) is 4. The van der Waals surface area contributed by atoms with E-state index in [1.165, 1.54) is 6.07 Å². The molecule has 6 nitrogen and oxygen atoms in total. The minimum atomic E-state index is -2.17. The van der Waals surface area contributed by atoms with Gasteiger partial charge in [-0.05, 0) is 34.7 Å². The van der Waals surface area contributed by atoms with E-state index in [1.54, 1.807) is 12.1 Å². The number of rotatable bonds is 2. The van der Waals surface area contributed by atoms with E-state index in [0.29, 0.717) is 3.57 Å². The summed E-state index contributed by atoms with van der Waals surface area (Å²) in [5, 5.41) is 30.2. The predicted molar refractivity (Wildman–Crippen MR) is 65.0 cm³/mol. The molecule has 0 unspecified atom stereocenters. The lowest BCUT2D eigenvalue weighted by Crippen LogP contribution is -2.07. The summed E-state index contributed by atoms with van der Waals surface area (Å²) in [6, 6.07) is 4.78. The van der Waals surface area contributed by atoms with Crippen molar-refractivity contribution in [2.24, 2.45) is 0 Å². The van der Waals surface area contributed by atoms with Crippen LogP contribution in [0.1, 0.15) is 10.4 Å². The second-order valence-electron chi connectivity index (χ2n) is 2.35. The second-order valence-corrected chi connectivity index (χ2v) is 3.66. The topological polar surface area (TPSA) is 107 Å². The lowest BCUT2D eigenvalue weighted by Gasteiger charge is -2.02. The molecule has 0 bridgehead atoms. The van der Waals surface area contributed by atoms with E-state index in [9.17, 15) is 4.79 Å². The third-order valence-electron chi connectivity index (χ3n) is 1.27. The minimum absolute atomic E-state index is 0.0666.